The number of aromatic nitrogens is 3. The van der Waals surface area contributed by atoms with Crippen LogP contribution in [0.5, 0.6) is 0 Å². The molecule has 2 aromatic heterocycles. The normalized spacial score (nSPS) is 11.5. The van der Waals surface area contributed by atoms with Gasteiger partial charge < -0.3 is 9.88 Å². The lowest BCUT2D eigenvalue weighted by atomic mass is 10.1. The van der Waals surface area contributed by atoms with Crippen LogP contribution in [0.2, 0.25) is 5.15 Å². The Kier molecular flexibility index (Phi) is 5.23. The van der Waals surface area contributed by atoms with E-state index in [4.69, 9.17) is 11.6 Å². The van der Waals surface area contributed by atoms with Gasteiger partial charge in [0.15, 0.2) is 5.69 Å². The maximum Gasteiger partial charge on any atom is 0.434 e. The Morgan fingerprint density at radius 3 is 2.54 bits per heavy atom. The summed E-state index contributed by atoms with van der Waals surface area (Å²) in [6, 6.07) is 8.00. The SMILES string of the molecule is Cn1cc(C(F)(F)F)nc1-c1ccc(CNc2cc(Cl)ncc2[N+](=O)[O-])cc1. The van der Waals surface area contributed by atoms with Crippen LogP contribution in [-0.2, 0) is 19.8 Å². The molecule has 2 heterocycles. The van der Waals surface area contributed by atoms with Crippen molar-refractivity contribution in [1.82, 2.24) is 14.5 Å². The predicted molar refractivity (Wildman–Crippen MR) is 96.9 cm³/mol. The van der Waals surface area contributed by atoms with Gasteiger partial charge in [0, 0.05) is 31.4 Å². The molecular formula is C17H13ClF3N5O2. The van der Waals surface area contributed by atoms with Gasteiger partial charge in [-0.15, -0.1) is 0 Å². The third-order valence-corrected chi connectivity index (χ3v) is 4.11. The summed E-state index contributed by atoms with van der Waals surface area (Å²) in [5.74, 6) is 0.184. The Morgan fingerprint density at radius 1 is 1.29 bits per heavy atom. The standard InChI is InChI=1S/C17H13ClF3N5O2/c1-25-9-14(17(19,20)21)24-16(25)11-4-2-10(3-5-11)7-22-12-6-15(18)23-8-13(12)26(27)28/h2-6,8-9H,7H2,1H3,(H,22,23). The first kappa shape index (κ1) is 19.6. The van der Waals surface area contributed by atoms with E-state index in [1.54, 1.807) is 24.3 Å². The molecule has 7 nitrogen and oxygen atoms in total. The minimum absolute atomic E-state index is 0.110. The Labute approximate surface area is 162 Å². The zero-order valence-corrected chi connectivity index (χ0v) is 15.1. The van der Waals surface area contributed by atoms with Crippen molar-refractivity contribution >= 4 is 23.0 Å². The molecule has 0 bridgehead atoms. The zero-order valence-electron chi connectivity index (χ0n) is 14.4. The Balaban J connectivity index is 1.77. The average molecular weight is 412 g/mol. The van der Waals surface area contributed by atoms with Gasteiger partial charge in [0.2, 0.25) is 0 Å². The number of anilines is 1. The minimum atomic E-state index is -4.51. The number of nitro groups is 1. The first-order valence-corrected chi connectivity index (χ1v) is 8.26. The molecule has 0 saturated carbocycles. The van der Waals surface area contributed by atoms with Gasteiger partial charge in [-0.25, -0.2) is 9.97 Å². The molecule has 1 aromatic carbocycles. The fourth-order valence-corrected chi connectivity index (χ4v) is 2.71. The number of nitrogens with zero attached hydrogens (tertiary/aromatic N) is 4. The van der Waals surface area contributed by atoms with Crippen LogP contribution in [0.25, 0.3) is 11.4 Å². The smallest absolute Gasteiger partial charge is 0.375 e. The van der Waals surface area contributed by atoms with E-state index in [1.807, 2.05) is 0 Å². The van der Waals surface area contributed by atoms with Crippen LogP contribution in [0.15, 0.2) is 42.7 Å². The van der Waals surface area contributed by atoms with Crippen molar-refractivity contribution in [2.75, 3.05) is 5.32 Å². The number of hydrogen-bond acceptors (Lipinski definition) is 5. The number of aryl methyl sites for hydroxylation is 1. The van der Waals surface area contributed by atoms with Crippen LogP contribution in [0.1, 0.15) is 11.3 Å². The predicted octanol–water partition coefficient (Wildman–Crippen LogP) is 4.67. The maximum atomic E-state index is 12.8. The van der Waals surface area contributed by atoms with Crippen LogP contribution in [0.4, 0.5) is 24.5 Å². The van der Waals surface area contributed by atoms with Crippen molar-refractivity contribution in [2.24, 2.45) is 7.05 Å². The van der Waals surface area contributed by atoms with Crippen LogP contribution in [0.3, 0.4) is 0 Å². The molecule has 0 atom stereocenters. The topological polar surface area (TPSA) is 85.9 Å². The van der Waals surface area contributed by atoms with E-state index in [2.05, 4.69) is 15.3 Å². The third-order valence-electron chi connectivity index (χ3n) is 3.91. The van der Waals surface area contributed by atoms with Crippen LogP contribution in [-0.4, -0.2) is 19.5 Å². The number of halogens is 4. The van der Waals surface area contributed by atoms with Crippen LogP contribution in [0, 0.1) is 10.1 Å². The number of pyridine rings is 1. The number of rotatable bonds is 5. The summed E-state index contributed by atoms with van der Waals surface area (Å²) in [5, 5.41) is 14.1. The van der Waals surface area contributed by atoms with Gasteiger partial charge in [0.1, 0.15) is 22.9 Å². The van der Waals surface area contributed by atoms with E-state index in [-0.39, 0.29) is 28.9 Å². The molecule has 0 saturated heterocycles. The Bertz CT molecular complexity index is 1020. The highest BCUT2D eigenvalue weighted by Gasteiger charge is 2.34. The van der Waals surface area contributed by atoms with Crippen molar-refractivity contribution in [2.45, 2.75) is 12.7 Å². The lowest BCUT2D eigenvalue weighted by molar-refractivity contribution is -0.384. The highest BCUT2D eigenvalue weighted by atomic mass is 35.5. The second-order valence-electron chi connectivity index (χ2n) is 5.89. The van der Waals surface area contributed by atoms with Gasteiger partial charge in [0.25, 0.3) is 0 Å². The molecule has 0 aliphatic rings. The van der Waals surface area contributed by atoms with E-state index in [0.717, 1.165) is 18.0 Å². The van der Waals surface area contributed by atoms with E-state index in [1.165, 1.54) is 17.7 Å². The average Bonchev–Trinajstić information content (AvgIpc) is 3.02. The van der Waals surface area contributed by atoms with E-state index < -0.39 is 16.8 Å². The summed E-state index contributed by atoms with van der Waals surface area (Å²) < 4.78 is 39.7. The third kappa shape index (κ3) is 4.22. The largest absolute Gasteiger partial charge is 0.434 e. The summed E-state index contributed by atoms with van der Waals surface area (Å²) in [4.78, 5) is 17.8. The second-order valence-corrected chi connectivity index (χ2v) is 6.28. The molecule has 0 radical (unpaired) electrons. The first-order chi connectivity index (χ1) is 13.1. The molecule has 11 heteroatoms. The fraction of sp³-hybridized carbons (Fsp3) is 0.176. The fourth-order valence-electron chi connectivity index (χ4n) is 2.55. The minimum Gasteiger partial charge on any atom is -0.375 e. The zero-order chi connectivity index (χ0) is 20.5. The van der Waals surface area contributed by atoms with Crippen molar-refractivity contribution in [3.63, 3.8) is 0 Å². The molecular weight excluding hydrogens is 399 g/mol. The molecule has 0 unspecified atom stereocenters. The summed E-state index contributed by atoms with van der Waals surface area (Å²) in [6.07, 6.45) is -2.52. The molecule has 0 aliphatic heterocycles. The van der Waals surface area contributed by atoms with Crippen LogP contribution >= 0.6 is 11.6 Å². The van der Waals surface area contributed by atoms with E-state index >= 15 is 0 Å². The summed E-state index contributed by atoms with van der Waals surface area (Å²) >= 11 is 5.78. The quantitative estimate of drug-likeness (QED) is 0.374. The number of imidazole rings is 1. The lowest BCUT2D eigenvalue weighted by Gasteiger charge is -2.08. The molecule has 3 aromatic rings. The first-order valence-electron chi connectivity index (χ1n) is 7.89. The lowest BCUT2D eigenvalue weighted by Crippen LogP contribution is -2.05. The van der Waals surface area contributed by atoms with Crippen molar-refractivity contribution in [1.29, 1.82) is 0 Å². The monoisotopic (exact) mass is 411 g/mol. The number of alkyl halides is 3. The van der Waals surface area contributed by atoms with Gasteiger partial charge in [-0.1, -0.05) is 35.9 Å². The number of benzene rings is 1. The molecule has 1 N–H and O–H groups in total. The molecule has 146 valence electrons. The van der Waals surface area contributed by atoms with E-state index in [0.29, 0.717) is 5.56 Å². The van der Waals surface area contributed by atoms with Gasteiger partial charge in [-0.2, -0.15) is 13.2 Å². The highest BCUT2D eigenvalue weighted by molar-refractivity contribution is 6.29. The molecule has 3 rings (SSSR count). The Hall–Kier alpha value is -3.14. The Morgan fingerprint density at radius 2 is 1.96 bits per heavy atom. The molecule has 0 aliphatic carbocycles. The van der Waals surface area contributed by atoms with Crippen molar-refractivity contribution in [3.8, 4) is 11.4 Å². The van der Waals surface area contributed by atoms with Crippen molar-refractivity contribution < 1.29 is 18.1 Å². The highest BCUT2D eigenvalue weighted by Crippen LogP contribution is 2.31. The van der Waals surface area contributed by atoms with Gasteiger partial charge in [0.05, 0.1) is 4.92 Å². The number of nitrogens with one attached hydrogen (secondary N) is 1. The second kappa shape index (κ2) is 7.47. The molecule has 28 heavy (non-hydrogen) atoms. The number of hydrogen-bond donors (Lipinski definition) is 1. The van der Waals surface area contributed by atoms with Gasteiger partial charge in [-0.3, -0.25) is 10.1 Å². The molecule has 0 spiro atoms. The maximum absolute atomic E-state index is 12.8. The van der Waals surface area contributed by atoms with E-state index in [9.17, 15) is 23.3 Å². The molecule has 0 fully saturated rings. The van der Waals surface area contributed by atoms with Crippen LogP contribution < -0.4 is 5.32 Å². The van der Waals surface area contributed by atoms with Gasteiger partial charge >= 0.3 is 11.9 Å². The van der Waals surface area contributed by atoms with Gasteiger partial charge in [-0.05, 0) is 5.56 Å². The summed E-state index contributed by atoms with van der Waals surface area (Å²) in [5.41, 5.74) is 0.315. The molecule has 0 amide bonds. The summed E-state index contributed by atoms with van der Waals surface area (Å²) in [7, 11) is 1.49. The summed E-state index contributed by atoms with van der Waals surface area (Å²) in [6.45, 7) is 0.246. The van der Waals surface area contributed by atoms with Crippen molar-refractivity contribution in [3.05, 3.63) is 69.3 Å².